The predicted octanol–water partition coefficient (Wildman–Crippen LogP) is 1.73. The number of hydrogen-bond donors (Lipinski definition) is 1. The summed E-state index contributed by atoms with van der Waals surface area (Å²) in [6.07, 6.45) is 5.32. The second-order valence-electron chi connectivity index (χ2n) is 3.46. The molecule has 0 spiro atoms. The van der Waals surface area contributed by atoms with E-state index in [1.165, 1.54) is 5.56 Å². The van der Waals surface area contributed by atoms with E-state index in [1.54, 1.807) is 0 Å². The molecule has 1 aliphatic heterocycles. The van der Waals surface area contributed by atoms with Gasteiger partial charge in [0.2, 0.25) is 0 Å². The molecule has 0 saturated heterocycles. The van der Waals surface area contributed by atoms with Crippen LogP contribution in [0.15, 0.2) is 24.3 Å². The maximum absolute atomic E-state index is 5.53. The number of nitrogens with one attached hydrogen (secondary N) is 1. The van der Waals surface area contributed by atoms with E-state index >= 15 is 0 Å². The molecule has 0 radical (unpaired) electrons. The van der Waals surface area contributed by atoms with Gasteiger partial charge < -0.3 is 4.74 Å². The zero-order valence-corrected chi connectivity index (χ0v) is 8.16. The molecule has 1 aromatic rings. The van der Waals surface area contributed by atoms with Crippen LogP contribution in [-0.2, 0) is 0 Å². The van der Waals surface area contributed by atoms with Gasteiger partial charge in [0.25, 0.3) is 0 Å². The number of hydrogen-bond acceptors (Lipinski definition) is 2. The smallest absolute Gasteiger partial charge is 0.124 e. The fourth-order valence-corrected chi connectivity index (χ4v) is 1.65. The van der Waals surface area contributed by atoms with Crippen LogP contribution in [0.5, 0.6) is 5.75 Å². The summed E-state index contributed by atoms with van der Waals surface area (Å²) in [5.74, 6) is 3.62. The molecule has 0 bridgehead atoms. The number of fused-ring (bicyclic) bond motifs is 1. The summed E-state index contributed by atoms with van der Waals surface area (Å²) >= 11 is 0. The molecule has 2 nitrogen and oxygen atoms in total. The van der Waals surface area contributed by atoms with Crippen molar-refractivity contribution in [3.05, 3.63) is 29.8 Å². The third-order valence-corrected chi connectivity index (χ3v) is 2.40. The number of terminal acetylenes is 1. The minimum absolute atomic E-state index is 0.0785. The van der Waals surface area contributed by atoms with Gasteiger partial charge in [-0.2, -0.15) is 0 Å². The van der Waals surface area contributed by atoms with Crippen molar-refractivity contribution in [3.63, 3.8) is 0 Å². The SMILES string of the molecule is C#CC(C)NC1COc2ccccc21. The van der Waals surface area contributed by atoms with Crippen molar-refractivity contribution in [1.82, 2.24) is 5.32 Å². The van der Waals surface area contributed by atoms with E-state index < -0.39 is 0 Å². The van der Waals surface area contributed by atoms with Gasteiger partial charge in [-0.25, -0.2) is 0 Å². The summed E-state index contributed by atoms with van der Waals surface area (Å²) in [7, 11) is 0. The van der Waals surface area contributed by atoms with E-state index in [9.17, 15) is 0 Å². The Kier molecular flexibility index (Phi) is 2.43. The molecule has 0 amide bonds. The highest BCUT2D eigenvalue weighted by Gasteiger charge is 2.23. The zero-order valence-electron chi connectivity index (χ0n) is 8.16. The first-order chi connectivity index (χ1) is 6.81. The van der Waals surface area contributed by atoms with E-state index in [2.05, 4.69) is 17.3 Å². The van der Waals surface area contributed by atoms with Gasteiger partial charge in [0.1, 0.15) is 12.4 Å². The van der Waals surface area contributed by atoms with Crippen LogP contribution in [0, 0.1) is 12.3 Å². The Morgan fingerprint density at radius 2 is 2.36 bits per heavy atom. The van der Waals surface area contributed by atoms with Crippen molar-refractivity contribution < 1.29 is 4.74 Å². The third kappa shape index (κ3) is 1.59. The van der Waals surface area contributed by atoms with Gasteiger partial charge in [-0.05, 0) is 13.0 Å². The molecular formula is C12H13NO. The van der Waals surface area contributed by atoms with Crippen molar-refractivity contribution in [2.75, 3.05) is 6.61 Å². The largest absolute Gasteiger partial charge is 0.491 e. The Labute approximate surface area is 84.3 Å². The molecule has 14 heavy (non-hydrogen) atoms. The normalized spacial score (nSPS) is 20.7. The molecule has 2 unspecified atom stereocenters. The average Bonchev–Trinajstić information content (AvgIpc) is 2.62. The summed E-state index contributed by atoms with van der Waals surface area (Å²) in [6, 6.07) is 8.36. The van der Waals surface area contributed by atoms with Crippen molar-refractivity contribution >= 4 is 0 Å². The van der Waals surface area contributed by atoms with Crippen LogP contribution in [-0.4, -0.2) is 12.6 Å². The van der Waals surface area contributed by atoms with Crippen molar-refractivity contribution in [3.8, 4) is 18.1 Å². The summed E-state index contributed by atoms with van der Waals surface area (Å²) < 4.78 is 5.53. The minimum atomic E-state index is 0.0785. The van der Waals surface area contributed by atoms with Gasteiger partial charge in [-0.3, -0.25) is 5.32 Å². The van der Waals surface area contributed by atoms with E-state index in [0.29, 0.717) is 6.61 Å². The molecular weight excluding hydrogens is 174 g/mol. The van der Waals surface area contributed by atoms with Crippen LogP contribution in [0.1, 0.15) is 18.5 Å². The number of rotatable bonds is 2. The van der Waals surface area contributed by atoms with Crippen LogP contribution in [0.4, 0.5) is 0 Å². The van der Waals surface area contributed by atoms with Crippen molar-refractivity contribution in [2.45, 2.75) is 19.0 Å². The summed E-state index contributed by atoms with van der Waals surface area (Å²) in [5.41, 5.74) is 1.20. The number of benzene rings is 1. The summed E-state index contributed by atoms with van der Waals surface area (Å²) in [6.45, 7) is 2.65. The fourth-order valence-electron chi connectivity index (χ4n) is 1.65. The molecule has 1 aromatic carbocycles. The Morgan fingerprint density at radius 3 is 3.14 bits per heavy atom. The van der Waals surface area contributed by atoms with Crippen LogP contribution in [0.2, 0.25) is 0 Å². The second kappa shape index (κ2) is 3.73. The standard InChI is InChI=1S/C12H13NO/c1-3-9(2)13-11-8-14-12-7-5-4-6-10(11)12/h1,4-7,9,11,13H,8H2,2H3. The highest BCUT2D eigenvalue weighted by Crippen LogP contribution is 2.31. The number of ether oxygens (including phenoxy) is 1. The zero-order chi connectivity index (χ0) is 9.97. The van der Waals surface area contributed by atoms with Crippen LogP contribution >= 0.6 is 0 Å². The lowest BCUT2D eigenvalue weighted by molar-refractivity contribution is 0.308. The first-order valence-corrected chi connectivity index (χ1v) is 4.75. The topological polar surface area (TPSA) is 21.3 Å². The quantitative estimate of drug-likeness (QED) is 0.712. The van der Waals surface area contributed by atoms with E-state index in [-0.39, 0.29) is 12.1 Å². The fraction of sp³-hybridized carbons (Fsp3) is 0.333. The Bertz CT molecular complexity index is 367. The lowest BCUT2D eigenvalue weighted by Crippen LogP contribution is -2.30. The van der Waals surface area contributed by atoms with E-state index in [1.807, 2.05) is 25.1 Å². The molecule has 2 rings (SSSR count). The van der Waals surface area contributed by atoms with Crippen molar-refractivity contribution in [1.29, 1.82) is 0 Å². The maximum atomic E-state index is 5.53. The van der Waals surface area contributed by atoms with Gasteiger partial charge in [0.15, 0.2) is 0 Å². The third-order valence-electron chi connectivity index (χ3n) is 2.40. The molecule has 72 valence electrons. The summed E-state index contributed by atoms with van der Waals surface area (Å²) in [4.78, 5) is 0. The second-order valence-corrected chi connectivity index (χ2v) is 3.46. The minimum Gasteiger partial charge on any atom is -0.491 e. The van der Waals surface area contributed by atoms with Crippen LogP contribution in [0.25, 0.3) is 0 Å². The summed E-state index contributed by atoms with van der Waals surface area (Å²) in [5, 5.41) is 3.32. The van der Waals surface area contributed by atoms with Gasteiger partial charge in [0, 0.05) is 5.56 Å². The molecule has 0 aliphatic carbocycles. The molecule has 1 aliphatic rings. The van der Waals surface area contributed by atoms with Crippen molar-refractivity contribution in [2.24, 2.45) is 0 Å². The maximum Gasteiger partial charge on any atom is 0.124 e. The Morgan fingerprint density at radius 1 is 1.57 bits per heavy atom. The first kappa shape index (κ1) is 9.11. The monoisotopic (exact) mass is 187 g/mol. The van der Waals surface area contributed by atoms with Gasteiger partial charge in [-0.1, -0.05) is 24.1 Å². The van der Waals surface area contributed by atoms with Gasteiger partial charge in [0.05, 0.1) is 12.1 Å². The lowest BCUT2D eigenvalue weighted by Gasteiger charge is -2.13. The molecule has 1 N–H and O–H groups in total. The molecule has 2 atom stereocenters. The van der Waals surface area contributed by atoms with E-state index in [4.69, 9.17) is 11.2 Å². The van der Waals surface area contributed by atoms with E-state index in [0.717, 1.165) is 5.75 Å². The predicted molar refractivity (Wildman–Crippen MR) is 56.1 cm³/mol. The average molecular weight is 187 g/mol. The van der Waals surface area contributed by atoms with Crippen LogP contribution < -0.4 is 10.1 Å². The van der Waals surface area contributed by atoms with Crippen LogP contribution in [0.3, 0.4) is 0 Å². The number of para-hydroxylation sites is 1. The molecule has 0 aromatic heterocycles. The molecule has 2 heteroatoms. The highest BCUT2D eigenvalue weighted by molar-refractivity contribution is 5.39. The Hall–Kier alpha value is -1.46. The Balaban J connectivity index is 2.15. The first-order valence-electron chi connectivity index (χ1n) is 4.75. The molecule has 0 saturated carbocycles. The molecule has 1 heterocycles. The highest BCUT2D eigenvalue weighted by atomic mass is 16.5. The van der Waals surface area contributed by atoms with Gasteiger partial charge >= 0.3 is 0 Å². The lowest BCUT2D eigenvalue weighted by atomic mass is 10.1. The van der Waals surface area contributed by atoms with Gasteiger partial charge in [-0.15, -0.1) is 6.42 Å². The molecule has 0 fully saturated rings.